The van der Waals surface area contributed by atoms with Gasteiger partial charge in [0.15, 0.2) is 10.9 Å². The van der Waals surface area contributed by atoms with Crippen molar-refractivity contribution >= 4 is 17.5 Å². The number of aromatic nitrogens is 2. The molecule has 7 heteroatoms. The van der Waals surface area contributed by atoms with E-state index < -0.39 is 0 Å². The lowest BCUT2D eigenvalue weighted by atomic mass is 10.1. The Morgan fingerprint density at radius 3 is 2.78 bits per heavy atom. The normalized spacial score (nSPS) is 10.3. The molecular formula is C16H17N3O3S. The number of aliphatic hydroxyl groups is 1. The molecule has 0 atom stereocenters. The summed E-state index contributed by atoms with van der Waals surface area (Å²) in [6, 6.07) is 9.01. The summed E-state index contributed by atoms with van der Waals surface area (Å²) in [7, 11) is 1.58. The van der Waals surface area contributed by atoms with Gasteiger partial charge in [-0.1, -0.05) is 11.8 Å². The summed E-state index contributed by atoms with van der Waals surface area (Å²) in [6.45, 7) is 0.302. The smallest absolute Gasteiger partial charge is 0.173 e. The second-order valence-corrected chi connectivity index (χ2v) is 5.63. The number of imidazole rings is 1. The van der Waals surface area contributed by atoms with Crippen LogP contribution in [0.15, 0.2) is 35.6 Å². The molecule has 0 saturated carbocycles. The molecule has 1 aromatic carbocycles. The van der Waals surface area contributed by atoms with Gasteiger partial charge in [-0.05, 0) is 24.3 Å². The highest BCUT2D eigenvalue weighted by Crippen LogP contribution is 2.21. The highest BCUT2D eigenvalue weighted by Gasteiger charge is 2.13. The predicted molar refractivity (Wildman–Crippen MR) is 86.4 cm³/mol. The van der Waals surface area contributed by atoms with E-state index in [4.69, 9.17) is 10.00 Å². The molecule has 2 rings (SSSR count). The molecule has 0 radical (unpaired) electrons. The van der Waals surface area contributed by atoms with Gasteiger partial charge in [0.1, 0.15) is 5.75 Å². The first-order chi connectivity index (χ1) is 11.2. The number of carbonyl (C=O) groups excluding carboxylic acids is 1. The summed E-state index contributed by atoms with van der Waals surface area (Å²) < 4.78 is 6.84. The molecule has 1 heterocycles. The standard InChI is InChI=1S/C16H17N3O3S/c1-22-14-5-3-12(4-6-14)15(21)11-23-16-18-9-13(10-20)19(16)8-2-7-17/h3-6,9,20H,2,8,10-11H2,1H3. The van der Waals surface area contributed by atoms with Crippen LogP contribution in [-0.2, 0) is 13.2 Å². The minimum atomic E-state index is -0.147. The van der Waals surface area contributed by atoms with E-state index in [1.165, 1.54) is 11.8 Å². The molecule has 0 aliphatic carbocycles. The van der Waals surface area contributed by atoms with Crippen LogP contribution < -0.4 is 4.74 Å². The van der Waals surface area contributed by atoms with Gasteiger partial charge in [0, 0.05) is 12.1 Å². The van der Waals surface area contributed by atoms with Gasteiger partial charge in [-0.15, -0.1) is 0 Å². The number of nitriles is 1. The average molecular weight is 331 g/mol. The fourth-order valence-corrected chi connectivity index (χ4v) is 2.94. The molecule has 120 valence electrons. The lowest BCUT2D eigenvalue weighted by molar-refractivity contribution is 0.102. The van der Waals surface area contributed by atoms with Crippen LogP contribution in [0, 0.1) is 11.3 Å². The summed E-state index contributed by atoms with van der Waals surface area (Å²) in [5.74, 6) is 0.924. The van der Waals surface area contributed by atoms with Crippen molar-refractivity contribution in [3.8, 4) is 11.8 Å². The maximum Gasteiger partial charge on any atom is 0.173 e. The number of ketones is 1. The summed E-state index contributed by atoms with van der Waals surface area (Å²) in [5.41, 5.74) is 1.25. The van der Waals surface area contributed by atoms with E-state index >= 15 is 0 Å². The van der Waals surface area contributed by atoms with Crippen LogP contribution in [0.3, 0.4) is 0 Å². The maximum atomic E-state index is 12.2. The maximum absolute atomic E-state index is 12.2. The highest BCUT2D eigenvalue weighted by molar-refractivity contribution is 7.99. The SMILES string of the molecule is COc1ccc(C(=O)CSc2ncc(CO)n2CCC#N)cc1. The number of ether oxygens (including phenoxy) is 1. The largest absolute Gasteiger partial charge is 0.497 e. The van der Waals surface area contributed by atoms with Gasteiger partial charge in [-0.2, -0.15) is 5.26 Å². The van der Waals surface area contributed by atoms with Gasteiger partial charge in [0.25, 0.3) is 0 Å². The van der Waals surface area contributed by atoms with E-state index in [-0.39, 0.29) is 18.1 Å². The van der Waals surface area contributed by atoms with Crippen LogP contribution in [0.4, 0.5) is 0 Å². The Labute approximate surface area is 138 Å². The number of nitrogens with zero attached hydrogens (tertiary/aromatic N) is 3. The molecule has 0 amide bonds. The van der Waals surface area contributed by atoms with Crippen molar-refractivity contribution in [2.45, 2.75) is 24.7 Å². The Morgan fingerprint density at radius 1 is 1.43 bits per heavy atom. The zero-order valence-electron chi connectivity index (χ0n) is 12.7. The Morgan fingerprint density at radius 2 is 2.17 bits per heavy atom. The Hall–Kier alpha value is -2.30. The van der Waals surface area contributed by atoms with E-state index in [9.17, 15) is 9.90 Å². The van der Waals surface area contributed by atoms with Gasteiger partial charge < -0.3 is 14.4 Å². The third kappa shape index (κ3) is 4.34. The summed E-state index contributed by atoms with van der Waals surface area (Å²) in [5, 5.41) is 18.6. The molecule has 0 spiro atoms. The number of methoxy groups -OCH3 is 1. The summed E-state index contributed by atoms with van der Waals surface area (Å²) >= 11 is 1.30. The van der Waals surface area contributed by atoms with E-state index in [0.717, 1.165) is 0 Å². The quantitative estimate of drug-likeness (QED) is 0.590. The first-order valence-corrected chi connectivity index (χ1v) is 8.00. The van der Waals surface area contributed by atoms with E-state index in [1.54, 1.807) is 42.1 Å². The van der Waals surface area contributed by atoms with Crippen molar-refractivity contribution in [1.29, 1.82) is 5.26 Å². The number of rotatable bonds is 8. The minimum absolute atomic E-state index is 0.0157. The van der Waals surface area contributed by atoms with Crippen LogP contribution in [0.1, 0.15) is 22.5 Å². The van der Waals surface area contributed by atoms with Crippen molar-refractivity contribution < 1.29 is 14.6 Å². The van der Waals surface area contributed by atoms with Crippen LogP contribution in [0.5, 0.6) is 5.75 Å². The Bertz CT molecular complexity index is 704. The topological polar surface area (TPSA) is 88.1 Å². The molecule has 2 aromatic rings. The fraction of sp³-hybridized carbons (Fsp3) is 0.312. The first-order valence-electron chi connectivity index (χ1n) is 7.02. The van der Waals surface area contributed by atoms with E-state index in [2.05, 4.69) is 11.1 Å². The summed E-state index contributed by atoms with van der Waals surface area (Å²) in [6.07, 6.45) is 1.89. The molecule has 6 nitrogen and oxygen atoms in total. The molecular weight excluding hydrogens is 314 g/mol. The average Bonchev–Trinajstić information content (AvgIpc) is 2.99. The molecule has 0 aliphatic heterocycles. The van der Waals surface area contributed by atoms with Gasteiger partial charge in [0.2, 0.25) is 0 Å². The van der Waals surface area contributed by atoms with Crippen LogP contribution in [0.2, 0.25) is 0 Å². The molecule has 23 heavy (non-hydrogen) atoms. The number of thioether (sulfide) groups is 1. The fourth-order valence-electron chi connectivity index (χ4n) is 2.02. The van der Waals surface area contributed by atoms with Gasteiger partial charge in [0.05, 0.1) is 43.9 Å². The molecule has 1 N–H and O–H groups in total. The number of Topliss-reactive ketones (excluding diaryl/α,β-unsaturated/α-hetero) is 1. The number of hydrogen-bond donors (Lipinski definition) is 1. The number of carbonyl (C=O) groups is 1. The van der Waals surface area contributed by atoms with Crippen molar-refractivity contribution in [1.82, 2.24) is 9.55 Å². The predicted octanol–water partition coefficient (Wildman–Crippen LogP) is 2.27. The Kier molecular flexibility index (Phi) is 6.20. The zero-order chi connectivity index (χ0) is 16.7. The lowest BCUT2D eigenvalue weighted by Gasteiger charge is -2.08. The molecule has 0 fully saturated rings. The van der Waals surface area contributed by atoms with Crippen LogP contribution in [-0.4, -0.2) is 33.3 Å². The van der Waals surface area contributed by atoms with Gasteiger partial charge in [-0.3, -0.25) is 4.79 Å². The monoisotopic (exact) mass is 331 g/mol. The zero-order valence-corrected chi connectivity index (χ0v) is 13.5. The number of benzene rings is 1. The summed E-state index contributed by atoms with van der Waals surface area (Å²) in [4.78, 5) is 16.4. The third-order valence-corrected chi connectivity index (χ3v) is 4.25. The van der Waals surface area contributed by atoms with Gasteiger partial charge in [-0.25, -0.2) is 4.98 Å². The molecule has 0 saturated heterocycles. The first kappa shape index (κ1) is 17.1. The molecule has 0 aliphatic rings. The molecule has 0 unspecified atom stereocenters. The van der Waals surface area contributed by atoms with Crippen molar-refractivity contribution in [2.24, 2.45) is 0 Å². The lowest BCUT2D eigenvalue weighted by Crippen LogP contribution is -2.07. The number of hydrogen-bond acceptors (Lipinski definition) is 6. The van der Waals surface area contributed by atoms with Crippen LogP contribution >= 0.6 is 11.8 Å². The van der Waals surface area contributed by atoms with Crippen molar-refractivity contribution in [2.75, 3.05) is 12.9 Å². The van der Waals surface area contributed by atoms with Crippen LogP contribution in [0.25, 0.3) is 0 Å². The molecule has 0 bridgehead atoms. The van der Waals surface area contributed by atoms with E-state index in [1.807, 2.05) is 0 Å². The van der Waals surface area contributed by atoms with Crippen molar-refractivity contribution in [3.63, 3.8) is 0 Å². The van der Waals surface area contributed by atoms with E-state index in [0.29, 0.717) is 35.1 Å². The third-order valence-electron chi connectivity index (χ3n) is 3.26. The second-order valence-electron chi connectivity index (χ2n) is 4.69. The van der Waals surface area contributed by atoms with Gasteiger partial charge >= 0.3 is 0 Å². The highest BCUT2D eigenvalue weighted by atomic mass is 32.2. The minimum Gasteiger partial charge on any atom is -0.497 e. The molecule has 1 aromatic heterocycles. The number of aliphatic hydroxyl groups excluding tert-OH is 1. The second kappa shape index (κ2) is 8.36. The van der Waals surface area contributed by atoms with Crippen molar-refractivity contribution in [3.05, 3.63) is 41.7 Å². The Balaban J connectivity index is 2.03.